The van der Waals surface area contributed by atoms with E-state index in [1.165, 1.54) is 0 Å². The summed E-state index contributed by atoms with van der Waals surface area (Å²) in [5, 5.41) is 0.645. The van der Waals surface area contributed by atoms with Crippen molar-refractivity contribution in [3.8, 4) is 17.1 Å². The van der Waals surface area contributed by atoms with E-state index in [1.807, 2.05) is 36.6 Å². The van der Waals surface area contributed by atoms with Gasteiger partial charge in [-0.25, -0.2) is 9.97 Å². The quantitative estimate of drug-likeness (QED) is 0.722. The minimum Gasteiger partial charge on any atom is -0.492 e. The number of fused-ring (bicyclic) bond motifs is 1. The Hall–Kier alpha value is -1.72. The van der Waals surface area contributed by atoms with Crippen LogP contribution >= 0.6 is 23.4 Å². The number of halogens is 1. The highest BCUT2D eigenvalue weighted by Gasteiger charge is 2.12. The fourth-order valence-electron chi connectivity index (χ4n) is 2.02. The molecule has 2 aromatic heterocycles. The number of thioether (sulfide) groups is 1. The number of imidazole rings is 1. The van der Waals surface area contributed by atoms with Gasteiger partial charge in [0.1, 0.15) is 11.6 Å². The molecule has 2 heterocycles. The minimum atomic E-state index is 0.632. The lowest BCUT2D eigenvalue weighted by atomic mass is 10.2. The van der Waals surface area contributed by atoms with E-state index in [-0.39, 0.29) is 0 Å². The van der Waals surface area contributed by atoms with E-state index in [9.17, 15) is 0 Å². The molecule has 3 rings (SSSR count). The number of hydrogen-bond donors (Lipinski definition) is 1. The molecule has 0 aliphatic rings. The summed E-state index contributed by atoms with van der Waals surface area (Å²) in [6.45, 7) is 0.632. The highest BCUT2D eigenvalue weighted by atomic mass is 35.5. The number of H-pyrrole nitrogens is 1. The van der Waals surface area contributed by atoms with Crippen molar-refractivity contribution in [2.45, 2.75) is 0 Å². The van der Waals surface area contributed by atoms with Gasteiger partial charge in [0, 0.05) is 17.0 Å². The zero-order chi connectivity index (χ0) is 14.7. The average molecular weight is 320 g/mol. The van der Waals surface area contributed by atoms with Crippen molar-refractivity contribution in [1.29, 1.82) is 0 Å². The van der Waals surface area contributed by atoms with E-state index in [2.05, 4.69) is 15.0 Å². The molecule has 0 aliphatic heterocycles. The van der Waals surface area contributed by atoms with E-state index in [1.54, 1.807) is 18.0 Å². The van der Waals surface area contributed by atoms with E-state index in [0.717, 1.165) is 28.4 Å². The van der Waals surface area contributed by atoms with Crippen molar-refractivity contribution in [2.24, 2.45) is 0 Å². The molecule has 0 saturated heterocycles. The minimum absolute atomic E-state index is 0.632. The Labute approximate surface area is 131 Å². The molecule has 6 heteroatoms. The van der Waals surface area contributed by atoms with Gasteiger partial charge in [0.05, 0.1) is 17.7 Å². The van der Waals surface area contributed by atoms with Crippen LogP contribution in [0.25, 0.3) is 22.6 Å². The predicted molar refractivity (Wildman–Crippen MR) is 88.2 cm³/mol. The second-order valence-electron chi connectivity index (χ2n) is 4.44. The lowest BCUT2D eigenvalue weighted by Crippen LogP contribution is -2.01. The molecule has 0 aliphatic carbocycles. The third-order valence-electron chi connectivity index (χ3n) is 3.00. The summed E-state index contributed by atoms with van der Waals surface area (Å²) in [6, 6.07) is 9.39. The number of nitrogens with one attached hydrogen (secondary N) is 1. The number of benzene rings is 1. The highest BCUT2D eigenvalue weighted by molar-refractivity contribution is 7.98. The SMILES string of the molecule is CSCCOc1cc(Cl)ccc1-c1nc2ncccc2[nH]1. The van der Waals surface area contributed by atoms with Gasteiger partial charge >= 0.3 is 0 Å². The molecule has 108 valence electrons. The molecule has 21 heavy (non-hydrogen) atoms. The van der Waals surface area contributed by atoms with Crippen LogP contribution in [-0.4, -0.2) is 33.6 Å². The first-order valence-corrected chi connectivity index (χ1v) is 8.27. The number of aromatic nitrogens is 3. The van der Waals surface area contributed by atoms with Gasteiger partial charge in [-0.05, 0) is 36.6 Å². The zero-order valence-electron chi connectivity index (χ0n) is 11.5. The van der Waals surface area contributed by atoms with Crippen LogP contribution in [0.5, 0.6) is 5.75 Å². The molecule has 0 saturated carbocycles. The van der Waals surface area contributed by atoms with Gasteiger partial charge in [0.25, 0.3) is 0 Å². The highest BCUT2D eigenvalue weighted by Crippen LogP contribution is 2.31. The van der Waals surface area contributed by atoms with Gasteiger partial charge in [0.15, 0.2) is 5.65 Å². The number of nitrogens with zero attached hydrogens (tertiary/aromatic N) is 2. The number of rotatable bonds is 5. The maximum atomic E-state index is 6.07. The van der Waals surface area contributed by atoms with Crippen molar-refractivity contribution >= 4 is 34.5 Å². The van der Waals surface area contributed by atoms with Gasteiger partial charge in [0.2, 0.25) is 0 Å². The Morgan fingerprint density at radius 2 is 2.24 bits per heavy atom. The Morgan fingerprint density at radius 1 is 1.33 bits per heavy atom. The van der Waals surface area contributed by atoms with Crippen LogP contribution in [0.1, 0.15) is 0 Å². The summed E-state index contributed by atoms with van der Waals surface area (Å²) in [7, 11) is 0. The van der Waals surface area contributed by atoms with Crippen LogP contribution in [0, 0.1) is 0 Å². The average Bonchev–Trinajstić information content (AvgIpc) is 2.91. The molecule has 0 fully saturated rings. The largest absolute Gasteiger partial charge is 0.492 e. The molecule has 1 N–H and O–H groups in total. The molecule has 0 atom stereocenters. The summed E-state index contributed by atoms with van der Waals surface area (Å²) >= 11 is 7.81. The van der Waals surface area contributed by atoms with Crippen molar-refractivity contribution in [3.05, 3.63) is 41.6 Å². The molecule has 0 spiro atoms. The van der Waals surface area contributed by atoms with Gasteiger partial charge in [-0.2, -0.15) is 11.8 Å². The number of ether oxygens (including phenoxy) is 1. The summed E-state index contributed by atoms with van der Waals surface area (Å²) < 4.78 is 5.82. The lowest BCUT2D eigenvalue weighted by molar-refractivity contribution is 0.345. The first-order chi connectivity index (χ1) is 10.3. The van der Waals surface area contributed by atoms with E-state index >= 15 is 0 Å². The monoisotopic (exact) mass is 319 g/mol. The van der Waals surface area contributed by atoms with Crippen LogP contribution in [0.15, 0.2) is 36.5 Å². The molecular weight excluding hydrogens is 306 g/mol. The third kappa shape index (κ3) is 3.14. The second-order valence-corrected chi connectivity index (χ2v) is 5.86. The smallest absolute Gasteiger partial charge is 0.178 e. The van der Waals surface area contributed by atoms with Gasteiger partial charge in [-0.1, -0.05) is 11.6 Å². The molecule has 0 amide bonds. The van der Waals surface area contributed by atoms with Gasteiger partial charge in [-0.15, -0.1) is 0 Å². The van der Waals surface area contributed by atoms with Crippen molar-refractivity contribution in [2.75, 3.05) is 18.6 Å². The topological polar surface area (TPSA) is 50.8 Å². The molecule has 4 nitrogen and oxygen atoms in total. The summed E-state index contributed by atoms with van der Waals surface area (Å²) in [5.41, 5.74) is 2.48. The second kappa shape index (κ2) is 6.37. The molecular formula is C15H14ClN3OS. The first-order valence-electron chi connectivity index (χ1n) is 6.50. The van der Waals surface area contributed by atoms with Crippen LogP contribution in [-0.2, 0) is 0 Å². The maximum Gasteiger partial charge on any atom is 0.178 e. The van der Waals surface area contributed by atoms with Crippen molar-refractivity contribution < 1.29 is 4.74 Å². The van der Waals surface area contributed by atoms with Gasteiger partial charge in [-0.3, -0.25) is 0 Å². The summed E-state index contributed by atoms with van der Waals surface area (Å²) in [5.74, 6) is 2.39. The van der Waals surface area contributed by atoms with Crippen LogP contribution in [0.2, 0.25) is 5.02 Å². The Bertz CT molecular complexity index is 727. The van der Waals surface area contributed by atoms with Crippen molar-refractivity contribution in [1.82, 2.24) is 15.0 Å². The number of aromatic amines is 1. The Balaban J connectivity index is 1.99. The van der Waals surface area contributed by atoms with E-state index in [0.29, 0.717) is 17.3 Å². The van der Waals surface area contributed by atoms with Gasteiger partial charge < -0.3 is 9.72 Å². The third-order valence-corrected chi connectivity index (χ3v) is 3.81. The van der Waals surface area contributed by atoms with Crippen LogP contribution < -0.4 is 4.74 Å². The Kier molecular flexibility index (Phi) is 4.31. The number of hydrogen-bond acceptors (Lipinski definition) is 4. The maximum absolute atomic E-state index is 6.07. The van der Waals surface area contributed by atoms with Crippen molar-refractivity contribution in [3.63, 3.8) is 0 Å². The first kappa shape index (κ1) is 14.2. The van der Waals surface area contributed by atoms with E-state index < -0.39 is 0 Å². The summed E-state index contributed by atoms with van der Waals surface area (Å²) in [4.78, 5) is 12.0. The fraction of sp³-hybridized carbons (Fsp3) is 0.200. The predicted octanol–water partition coefficient (Wildman–Crippen LogP) is 4.02. The molecule has 0 radical (unpaired) electrons. The standard InChI is InChI=1S/C15H14ClN3OS/c1-21-8-7-20-13-9-10(16)4-5-11(13)14-18-12-3-2-6-17-15(12)19-14/h2-6,9H,7-8H2,1H3,(H,17,18,19). The lowest BCUT2D eigenvalue weighted by Gasteiger charge is -2.10. The summed E-state index contributed by atoms with van der Waals surface area (Å²) in [6.07, 6.45) is 3.78. The number of pyridine rings is 1. The molecule has 3 aromatic rings. The van der Waals surface area contributed by atoms with Crippen LogP contribution in [0.3, 0.4) is 0 Å². The zero-order valence-corrected chi connectivity index (χ0v) is 13.0. The Morgan fingerprint density at radius 3 is 3.05 bits per heavy atom. The van der Waals surface area contributed by atoms with E-state index in [4.69, 9.17) is 16.3 Å². The molecule has 0 unspecified atom stereocenters. The molecule has 1 aromatic carbocycles. The van der Waals surface area contributed by atoms with Crippen LogP contribution in [0.4, 0.5) is 0 Å². The molecule has 0 bridgehead atoms. The normalized spacial score (nSPS) is 11.0. The fourth-order valence-corrected chi connectivity index (χ4v) is 2.43.